The van der Waals surface area contributed by atoms with Gasteiger partial charge >= 0.3 is 5.97 Å². The van der Waals surface area contributed by atoms with Crippen molar-refractivity contribution in [2.45, 2.75) is 24.1 Å². The van der Waals surface area contributed by atoms with Crippen molar-refractivity contribution in [2.75, 3.05) is 12.8 Å². The molecule has 0 unspecified atom stereocenters. The zero-order valence-corrected chi connectivity index (χ0v) is 10.7. The maximum Gasteiger partial charge on any atom is 0.335 e. The average molecular weight is 251 g/mol. The van der Waals surface area contributed by atoms with Crippen LogP contribution in [0.4, 0.5) is 0 Å². The molecule has 0 heterocycles. The lowest BCUT2D eigenvalue weighted by molar-refractivity contribution is 0.0696. The molecule has 3 nitrogen and oxygen atoms in total. The Bertz CT molecular complexity index is 416. The normalized spacial score (nSPS) is 16.8. The first-order valence-corrected chi connectivity index (χ1v) is 6.96. The Hall–Kier alpha value is -1.00. The lowest BCUT2D eigenvalue weighted by atomic mass is 10.1. The van der Waals surface area contributed by atoms with E-state index in [9.17, 15) is 4.79 Å². The van der Waals surface area contributed by atoms with E-state index in [0.717, 1.165) is 18.7 Å². The molecule has 1 aromatic carbocycles. The molecule has 1 aliphatic carbocycles. The molecular weight excluding hydrogens is 234 g/mol. The molecule has 0 amide bonds. The van der Waals surface area contributed by atoms with Crippen LogP contribution in [0, 0.1) is 0 Å². The second-order valence-corrected chi connectivity index (χ2v) is 5.77. The molecule has 0 saturated heterocycles. The molecule has 0 radical (unpaired) electrons. The Morgan fingerprint density at radius 1 is 1.53 bits per heavy atom. The van der Waals surface area contributed by atoms with Crippen LogP contribution in [0.5, 0.6) is 0 Å². The van der Waals surface area contributed by atoms with Crippen molar-refractivity contribution >= 4 is 17.7 Å². The average Bonchev–Trinajstić information content (AvgIpc) is 3.10. The maximum atomic E-state index is 10.8. The number of thioether (sulfide) groups is 1. The van der Waals surface area contributed by atoms with Gasteiger partial charge in [0.15, 0.2) is 0 Å². The van der Waals surface area contributed by atoms with Crippen LogP contribution in [-0.2, 0) is 6.54 Å². The number of hydrogen-bond acceptors (Lipinski definition) is 3. The van der Waals surface area contributed by atoms with Crippen molar-refractivity contribution in [1.29, 1.82) is 0 Å². The van der Waals surface area contributed by atoms with Gasteiger partial charge in [0.25, 0.3) is 0 Å². The smallest absolute Gasteiger partial charge is 0.335 e. The standard InChI is InChI=1S/C13H17NO2S/c1-17-13(5-6-13)9-14-8-10-3-2-4-11(7-10)12(15)16/h2-4,7,14H,5-6,8-9H2,1H3,(H,15,16). The first kappa shape index (κ1) is 12.5. The van der Waals surface area contributed by atoms with Crippen LogP contribution in [-0.4, -0.2) is 28.6 Å². The lowest BCUT2D eigenvalue weighted by Gasteiger charge is -2.13. The van der Waals surface area contributed by atoms with Crippen LogP contribution in [0.1, 0.15) is 28.8 Å². The minimum Gasteiger partial charge on any atom is -0.478 e. The number of benzene rings is 1. The van der Waals surface area contributed by atoms with E-state index in [-0.39, 0.29) is 0 Å². The molecule has 2 rings (SSSR count). The van der Waals surface area contributed by atoms with Gasteiger partial charge in [-0.3, -0.25) is 0 Å². The van der Waals surface area contributed by atoms with Crippen LogP contribution in [0.2, 0.25) is 0 Å². The summed E-state index contributed by atoms with van der Waals surface area (Å²) in [6.07, 6.45) is 4.73. The van der Waals surface area contributed by atoms with Crippen LogP contribution in [0.3, 0.4) is 0 Å². The van der Waals surface area contributed by atoms with Crippen molar-refractivity contribution in [3.8, 4) is 0 Å². The number of carbonyl (C=O) groups is 1. The molecule has 4 heteroatoms. The van der Waals surface area contributed by atoms with Crippen molar-refractivity contribution < 1.29 is 9.90 Å². The van der Waals surface area contributed by atoms with E-state index in [4.69, 9.17) is 5.11 Å². The Kier molecular flexibility index (Phi) is 3.74. The summed E-state index contributed by atoms with van der Waals surface area (Å²) >= 11 is 1.92. The molecule has 1 fully saturated rings. The SMILES string of the molecule is CSC1(CNCc2cccc(C(=O)O)c2)CC1. The van der Waals surface area contributed by atoms with Gasteiger partial charge in [-0.2, -0.15) is 11.8 Å². The molecule has 0 atom stereocenters. The molecule has 92 valence electrons. The largest absolute Gasteiger partial charge is 0.478 e. The molecule has 1 aromatic rings. The van der Waals surface area contributed by atoms with Crippen molar-refractivity contribution in [2.24, 2.45) is 0 Å². The minimum absolute atomic E-state index is 0.357. The van der Waals surface area contributed by atoms with Crippen molar-refractivity contribution in [3.05, 3.63) is 35.4 Å². The Morgan fingerprint density at radius 2 is 2.29 bits per heavy atom. The summed E-state index contributed by atoms with van der Waals surface area (Å²) < 4.78 is 0.449. The number of aromatic carboxylic acids is 1. The summed E-state index contributed by atoms with van der Waals surface area (Å²) in [7, 11) is 0. The summed E-state index contributed by atoms with van der Waals surface area (Å²) in [6.45, 7) is 1.74. The van der Waals surface area contributed by atoms with Gasteiger partial charge in [0.1, 0.15) is 0 Å². The number of rotatable bonds is 6. The predicted octanol–water partition coefficient (Wildman–Crippen LogP) is 2.37. The molecule has 0 aliphatic heterocycles. The van der Waals surface area contributed by atoms with Crippen molar-refractivity contribution in [3.63, 3.8) is 0 Å². The molecular formula is C13H17NO2S. The number of hydrogen-bond donors (Lipinski definition) is 2. The Labute approximate surface area is 106 Å². The summed E-state index contributed by atoms with van der Waals surface area (Å²) in [4.78, 5) is 10.8. The zero-order valence-electron chi connectivity index (χ0n) is 9.90. The van der Waals surface area contributed by atoms with Crippen LogP contribution >= 0.6 is 11.8 Å². The number of carboxylic acids is 1. The van der Waals surface area contributed by atoms with E-state index in [1.807, 2.05) is 17.8 Å². The van der Waals surface area contributed by atoms with Gasteiger partial charge in [0, 0.05) is 17.8 Å². The first-order chi connectivity index (χ1) is 8.15. The van der Waals surface area contributed by atoms with E-state index in [1.165, 1.54) is 12.8 Å². The predicted molar refractivity (Wildman–Crippen MR) is 70.6 cm³/mol. The lowest BCUT2D eigenvalue weighted by Crippen LogP contribution is -2.25. The highest BCUT2D eigenvalue weighted by atomic mass is 32.2. The fraction of sp³-hybridized carbons (Fsp3) is 0.462. The highest BCUT2D eigenvalue weighted by molar-refractivity contribution is 8.00. The van der Waals surface area contributed by atoms with E-state index in [1.54, 1.807) is 18.2 Å². The molecule has 1 aliphatic rings. The van der Waals surface area contributed by atoms with Gasteiger partial charge in [0.05, 0.1) is 5.56 Å². The summed E-state index contributed by atoms with van der Waals surface area (Å²) in [5.41, 5.74) is 1.39. The van der Waals surface area contributed by atoms with Gasteiger partial charge in [0.2, 0.25) is 0 Å². The third kappa shape index (κ3) is 3.23. The summed E-state index contributed by atoms with van der Waals surface area (Å²) in [6, 6.07) is 7.10. The van der Waals surface area contributed by atoms with Gasteiger partial charge in [-0.1, -0.05) is 12.1 Å². The van der Waals surface area contributed by atoms with Crippen LogP contribution < -0.4 is 5.32 Å². The number of carboxylic acid groups (broad SMARTS) is 1. The van der Waals surface area contributed by atoms with Gasteiger partial charge in [-0.05, 0) is 36.8 Å². The summed E-state index contributed by atoms with van der Waals surface area (Å²) in [5, 5.41) is 12.3. The number of nitrogens with one attached hydrogen (secondary N) is 1. The Balaban J connectivity index is 1.86. The first-order valence-electron chi connectivity index (χ1n) is 5.73. The fourth-order valence-electron chi connectivity index (χ4n) is 1.84. The third-order valence-corrected chi connectivity index (χ3v) is 4.61. The van der Waals surface area contributed by atoms with Crippen LogP contribution in [0.15, 0.2) is 24.3 Å². The second-order valence-electron chi connectivity index (χ2n) is 4.50. The highest BCUT2D eigenvalue weighted by Gasteiger charge is 2.41. The van der Waals surface area contributed by atoms with E-state index in [2.05, 4.69) is 11.6 Å². The molecule has 17 heavy (non-hydrogen) atoms. The topological polar surface area (TPSA) is 49.3 Å². The quantitative estimate of drug-likeness (QED) is 0.815. The summed E-state index contributed by atoms with van der Waals surface area (Å²) in [5.74, 6) is -0.866. The van der Waals surface area contributed by atoms with Gasteiger partial charge in [-0.15, -0.1) is 0 Å². The maximum absolute atomic E-state index is 10.8. The van der Waals surface area contributed by atoms with E-state index in [0.29, 0.717) is 10.3 Å². The molecule has 2 N–H and O–H groups in total. The molecule has 0 aromatic heterocycles. The fourth-order valence-corrected chi connectivity index (χ4v) is 2.60. The third-order valence-electron chi connectivity index (χ3n) is 3.19. The van der Waals surface area contributed by atoms with Crippen molar-refractivity contribution in [1.82, 2.24) is 5.32 Å². The van der Waals surface area contributed by atoms with E-state index >= 15 is 0 Å². The Morgan fingerprint density at radius 3 is 2.88 bits per heavy atom. The molecule has 1 saturated carbocycles. The van der Waals surface area contributed by atoms with Crippen LogP contribution in [0.25, 0.3) is 0 Å². The van der Waals surface area contributed by atoms with Gasteiger partial charge < -0.3 is 10.4 Å². The van der Waals surface area contributed by atoms with E-state index < -0.39 is 5.97 Å². The molecule has 0 bridgehead atoms. The minimum atomic E-state index is -0.866. The molecule has 0 spiro atoms. The second kappa shape index (κ2) is 5.10. The highest BCUT2D eigenvalue weighted by Crippen LogP contribution is 2.46. The van der Waals surface area contributed by atoms with Gasteiger partial charge in [-0.25, -0.2) is 4.79 Å². The zero-order chi connectivity index (χ0) is 12.3. The monoisotopic (exact) mass is 251 g/mol.